The number of carbonyl (C=O) groups excluding carboxylic acids is 1. The third-order valence-corrected chi connectivity index (χ3v) is 3.88. The molecule has 0 radical (unpaired) electrons. The summed E-state index contributed by atoms with van der Waals surface area (Å²) in [7, 11) is 0. The van der Waals surface area contributed by atoms with Crippen molar-refractivity contribution in [1.82, 2.24) is 0 Å². The van der Waals surface area contributed by atoms with Crippen molar-refractivity contribution in [1.29, 1.82) is 0 Å². The first kappa shape index (κ1) is 18.1. The average molecular weight is 334 g/mol. The summed E-state index contributed by atoms with van der Waals surface area (Å²) in [5.74, 6) is -1.13. The highest BCUT2D eigenvalue weighted by molar-refractivity contribution is 5.70. The average Bonchev–Trinajstić information content (AvgIpc) is 2.56. The van der Waals surface area contributed by atoms with Crippen LogP contribution in [0, 0.1) is 11.6 Å². The predicted molar refractivity (Wildman–Crippen MR) is 86.7 cm³/mol. The van der Waals surface area contributed by atoms with Crippen molar-refractivity contribution in [3.8, 4) is 0 Å². The zero-order valence-electron chi connectivity index (χ0n) is 13.7. The first-order valence-corrected chi connectivity index (χ1v) is 7.71. The minimum absolute atomic E-state index is 0.170. The summed E-state index contributed by atoms with van der Waals surface area (Å²) in [6, 6.07) is 12.1. The molecule has 5 heteroatoms. The quantitative estimate of drug-likeness (QED) is 0.722. The van der Waals surface area contributed by atoms with E-state index in [0.29, 0.717) is 0 Å². The zero-order valence-corrected chi connectivity index (χ0v) is 13.7. The van der Waals surface area contributed by atoms with E-state index in [4.69, 9.17) is 9.47 Å². The molecule has 2 aromatic rings. The molecule has 0 unspecified atom stereocenters. The van der Waals surface area contributed by atoms with Crippen LogP contribution < -0.4 is 0 Å². The van der Waals surface area contributed by atoms with E-state index in [2.05, 4.69) is 0 Å². The number of hydrogen-bond donors (Lipinski definition) is 0. The van der Waals surface area contributed by atoms with Crippen LogP contribution in [0.4, 0.5) is 8.78 Å². The van der Waals surface area contributed by atoms with Gasteiger partial charge in [-0.3, -0.25) is 0 Å². The fraction of sp³-hybridized carbons (Fsp3) is 0.316. The van der Waals surface area contributed by atoms with Gasteiger partial charge in [-0.15, -0.1) is 0 Å². The minimum Gasteiger partial charge on any atom is -0.464 e. The summed E-state index contributed by atoms with van der Waals surface area (Å²) in [4.78, 5) is 11.4. The summed E-state index contributed by atoms with van der Waals surface area (Å²) in [6.45, 7) is 3.90. The Morgan fingerprint density at radius 1 is 0.958 bits per heavy atom. The molecule has 0 aliphatic carbocycles. The molecule has 0 amide bonds. The molecule has 24 heavy (non-hydrogen) atoms. The summed E-state index contributed by atoms with van der Waals surface area (Å²) in [5, 5.41) is 0. The molecule has 2 rings (SSSR count). The van der Waals surface area contributed by atoms with Crippen molar-refractivity contribution >= 4 is 5.97 Å². The van der Waals surface area contributed by atoms with Crippen molar-refractivity contribution < 1.29 is 23.0 Å². The van der Waals surface area contributed by atoms with E-state index in [0.717, 1.165) is 11.1 Å². The largest absolute Gasteiger partial charge is 0.464 e. The predicted octanol–water partition coefficient (Wildman–Crippen LogP) is 3.85. The van der Waals surface area contributed by atoms with Crippen LogP contribution in [-0.2, 0) is 19.7 Å². The van der Waals surface area contributed by atoms with Gasteiger partial charge in [0.05, 0.1) is 13.2 Å². The second-order valence-corrected chi connectivity index (χ2v) is 5.64. The van der Waals surface area contributed by atoms with E-state index < -0.39 is 11.4 Å². The van der Waals surface area contributed by atoms with Crippen molar-refractivity contribution in [2.24, 2.45) is 0 Å². The standard InChI is InChI=1S/C19H20F2O3/c1-3-24-18(22)12-23-13-19(2,14-4-8-16(20)9-5-14)15-6-10-17(21)11-7-15/h4-11H,3,12-13H2,1-2H3. The number of carbonyl (C=O) groups is 1. The van der Waals surface area contributed by atoms with Crippen molar-refractivity contribution in [2.45, 2.75) is 19.3 Å². The highest BCUT2D eigenvalue weighted by Gasteiger charge is 2.30. The molecular formula is C19H20F2O3. The molecule has 0 spiro atoms. The summed E-state index contributed by atoms with van der Waals surface area (Å²) in [5.41, 5.74) is 0.951. The first-order chi connectivity index (χ1) is 11.5. The van der Waals surface area contributed by atoms with E-state index in [1.807, 2.05) is 6.92 Å². The van der Waals surface area contributed by atoms with Crippen LogP contribution in [0.3, 0.4) is 0 Å². The van der Waals surface area contributed by atoms with Gasteiger partial charge in [-0.1, -0.05) is 24.3 Å². The van der Waals surface area contributed by atoms with Crippen molar-refractivity contribution in [2.75, 3.05) is 19.8 Å². The van der Waals surface area contributed by atoms with Crippen LogP contribution in [-0.4, -0.2) is 25.8 Å². The van der Waals surface area contributed by atoms with Crippen LogP contribution in [0.5, 0.6) is 0 Å². The Balaban J connectivity index is 2.25. The molecule has 0 aliphatic heterocycles. The maximum absolute atomic E-state index is 13.2. The lowest BCUT2D eigenvalue weighted by molar-refractivity contribution is -0.148. The fourth-order valence-electron chi connectivity index (χ4n) is 2.51. The molecule has 0 saturated carbocycles. The Bertz CT molecular complexity index is 621. The Labute approximate surface area is 140 Å². The number of esters is 1. The third kappa shape index (κ3) is 4.38. The zero-order chi connectivity index (χ0) is 17.6. The molecule has 0 aromatic heterocycles. The van der Waals surface area contributed by atoms with E-state index in [-0.39, 0.29) is 31.5 Å². The van der Waals surface area contributed by atoms with E-state index in [9.17, 15) is 13.6 Å². The van der Waals surface area contributed by atoms with Crippen molar-refractivity contribution in [3.05, 3.63) is 71.3 Å². The van der Waals surface area contributed by atoms with Gasteiger partial charge in [-0.05, 0) is 49.2 Å². The molecule has 0 heterocycles. The van der Waals surface area contributed by atoms with Gasteiger partial charge in [-0.2, -0.15) is 0 Å². The molecule has 128 valence electrons. The van der Waals surface area contributed by atoms with Gasteiger partial charge in [0.25, 0.3) is 0 Å². The lowest BCUT2D eigenvalue weighted by atomic mass is 9.77. The van der Waals surface area contributed by atoms with Crippen LogP contribution in [0.1, 0.15) is 25.0 Å². The highest BCUT2D eigenvalue weighted by atomic mass is 19.1. The molecule has 2 aromatic carbocycles. The summed E-state index contributed by atoms with van der Waals surface area (Å²) in [6.07, 6.45) is 0. The number of rotatable bonds is 7. The van der Waals surface area contributed by atoms with Gasteiger partial charge in [0.2, 0.25) is 0 Å². The monoisotopic (exact) mass is 334 g/mol. The van der Waals surface area contributed by atoms with Crippen molar-refractivity contribution in [3.63, 3.8) is 0 Å². The second kappa shape index (κ2) is 8.02. The SMILES string of the molecule is CCOC(=O)COCC(C)(c1ccc(F)cc1)c1ccc(F)cc1. The van der Waals surface area contributed by atoms with E-state index in [1.165, 1.54) is 24.3 Å². The Morgan fingerprint density at radius 3 is 1.83 bits per heavy atom. The molecular weight excluding hydrogens is 314 g/mol. The van der Waals surface area contributed by atoms with Gasteiger partial charge >= 0.3 is 5.97 Å². The summed E-state index contributed by atoms with van der Waals surface area (Å²) < 4.78 is 36.8. The van der Waals surface area contributed by atoms with E-state index in [1.54, 1.807) is 31.2 Å². The van der Waals surface area contributed by atoms with Gasteiger partial charge < -0.3 is 9.47 Å². The van der Waals surface area contributed by atoms with Crippen LogP contribution in [0.25, 0.3) is 0 Å². The molecule has 3 nitrogen and oxygen atoms in total. The minimum atomic E-state index is -0.659. The fourth-order valence-corrected chi connectivity index (χ4v) is 2.51. The number of benzene rings is 2. The maximum atomic E-state index is 13.2. The third-order valence-electron chi connectivity index (χ3n) is 3.88. The van der Waals surface area contributed by atoms with Crippen LogP contribution >= 0.6 is 0 Å². The maximum Gasteiger partial charge on any atom is 0.332 e. The molecule has 0 saturated heterocycles. The number of halogens is 2. The van der Waals surface area contributed by atoms with Gasteiger partial charge in [0.1, 0.15) is 18.2 Å². The smallest absolute Gasteiger partial charge is 0.332 e. The van der Waals surface area contributed by atoms with E-state index >= 15 is 0 Å². The normalized spacial score (nSPS) is 11.3. The Kier molecular flexibility index (Phi) is 6.04. The first-order valence-electron chi connectivity index (χ1n) is 7.71. The van der Waals surface area contributed by atoms with Gasteiger partial charge in [0.15, 0.2) is 0 Å². The molecule has 0 N–H and O–H groups in total. The van der Waals surface area contributed by atoms with Crippen LogP contribution in [0.2, 0.25) is 0 Å². The Hall–Kier alpha value is -2.27. The lowest BCUT2D eigenvalue weighted by Gasteiger charge is -2.30. The lowest BCUT2D eigenvalue weighted by Crippen LogP contribution is -2.31. The topological polar surface area (TPSA) is 35.5 Å². The van der Waals surface area contributed by atoms with Gasteiger partial charge in [-0.25, -0.2) is 13.6 Å². The Morgan fingerprint density at radius 2 is 1.42 bits per heavy atom. The molecule has 0 bridgehead atoms. The molecule has 0 aliphatic rings. The molecule has 0 atom stereocenters. The second-order valence-electron chi connectivity index (χ2n) is 5.64. The van der Waals surface area contributed by atoms with Gasteiger partial charge in [0, 0.05) is 5.41 Å². The molecule has 0 fully saturated rings. The number of hydrogen-bond acceptors (Lipinski definition) is 3. The summed E-state index contributed by atoms with van der Waals surface area (Å²) >= 11 is 0. The van der Waals surface area contributed by atoms with Crippen LogP contribution in [0.15, 0.2) is 48.5 Å². The highest BCUT2D eigenvalue weighted by Crippen LogP contribution is 2.32. The number of ether oxygens (including phenoxy) is 2.